The maximum Gasteiger partial charge on any atom is 0.331 e. The van der Waals surface area contributed by atoms with Crippen molar-refractivity contribution in [3.8, 4) is 17.6 Å². The number of rotatable bonds is 8. The van der Waals surface area contributed by atoms with Gasteiger partial charge in [-0.2, -0.15) is 5.26 Å². The van der Waals surface area contributed by atoms with Crippen LogP contribution in [0.3, 0.4) is 0 Å². The Bertz CT molecular complexity index is 821. The summed E-state index contributed by atoms with van der Waals surface area (Å²) >= 11 is 0. The van der Waals surface area contributed by atoms with Crippen molar-refractivity contribution in [3.05, 3.63) is 65.2 Å². The third-order valence-corrected chi connectivity index (χ3v) is 3.57. The Kier molecular flexibility index (Phi) is 7.26. The van der Waals surface area contributed by atoms with Gasteiger partial charge in [-0.1, -0.05) is 31.2 Å². The van der Waals surface area contributed by atoms with Crippen LogP contribution in [0.4, 0.5) is 0 Å². The van der Waals surface area contributed by atoms with Gasteiger partial charge in [0.2, 0.25) is 0 Å². The van der Waals surface area contributed by atoms with Crippen molar-refractivity contribution in [1.82, 2.24) is 0 Å². The van der Waals surface area contributed by atoms with Crippen molar-refractivity contribution < 1.29 is 19.0 Å². The number of ether oxygens (including phenoxy) is 3. The molecule has 0 bridgehead atoms. The fraction of sp³-hybridized carbons (Fsp3) is 0.238. The Balaban J connectivity index is 1.98. The number of hydrogen-bond acceptors (Lipinski definition) is 5. The van der Waals surface area contributed by atoms with Crippen LogP contribution < -0.4 is 9.47 Å². The third kappa shape index (κ3) is 5.38. The lowest BCUT2D eigenvalue weighted by Crippen LogP contribution is -2.02. The highest BCUT2D eigenvalue weighted by Gasteiger charge is 2.06. The Morgan fingerprint density at radius 2 is 2.00 bits per heavy atom. The molecule has 0 saturated carbocycles. The molecule has 0 aliphatic rings. The number of benzene rings is 2. The van der Waals surface area contributed by atoms with E-state index in [4.69, 9.17) is 19.5 Å². The second kappa shape index (κ2) is 9.90. The minimum absolute atomic E-state index is 0.0556. The van der Waals surface area contributed by atoms with Gasteiger partial charge >= 0.3 is 5.97 Å². The minimum Gasteiger partial charge on any atom is -0.493 e. The molecular formula is C21H21NO4. The molecule has 134 valence electrons. The Morgan fingerprint density at radius 1 is 1.19 bits per heavy atom. The van der Waals surface area contributed by atoms with E-state index < -0.39 is 5.97 Å². The lowest BCUT2D eigenvalue weighted by molar-refractivity contribution is -0.138. The summed E-state index contributed by atoms with van der Waals surface area (Å²) in [7, 11) is 1.57. The molecule has 0 aliphatic carbocycles. The molecule has 0 aliphatic heterocycles. The van der Waals surface area contributed by atoms with Crippen molar-refractivity contribution in [1.29, 1.82) is 5.26 Å². The van der Waals surface area contributed by atoms with Gasteiger partial charge in [0.15, 0.2) is 11.5 Å². The predicted molar refractivity (Wildman–Crippen MR) is 98.8 cm³/mol. The summed E-state index contributed by atoms with van der Waals surface area (Å²) in [6, 6.07) is 14.5. The molecule has 0 fully saturated rings. The molecule has 0 N–H and O–H groups in total. The molecule has 5 heteroatoms. The van der Waals surface area contributed by atoms with E-state index in [0.29, 0.717) is 29.2 Å². The largest absolute Gasteiger partial charge is 0.493 e. The molecule has 0 saturated heterocycles. The molecule has 5 nitrogen and oxygen atoms in total. The lowest BCUT2D eigenvalue weighted by Gasteiger charge is -2.10. The van der Waals surface area contributed by atoms with Crippen molar-refractivity contribution in [3.63, 3.8) is 0 Å². The molecule has 0 unspecified atom stereocenters. The Morgan fingerprint density at radius 3 is 2.73 bits per heavy atom. The highest BCUT2D eigenvalue weighted by atomic mass is 16.5. The monoisotopic (exact) mass is 351 g/mol. The molecule has 0 atom stereocenters. The average molecular weight is 351 g/mol. The number of nitrogens with zero attached hydrogens (tertiary/aromatic N) is 1. The summed E-state index contributed by atoms with van der Waals surface area (Å²) in [6.45, 7) is 2.70. The van der Waals surface area contributed by atoms with E-state index >= 15 is 0 Å². The SMILES string of the molecule is CCCOc1ccc(/C=C/C(=O)OCc2ccccc2C#N)cc1OC. The molecule has 26 heavy (non-hydrogen) atoms. The van der Waals surface area contributed by atoms with Gasteiger partial charge in [-0.25, -0.2) is 4.79 Å². The molecular weight excluding hydrogens is 330 g/mol. The standard InChI is InChI=1S/C21H21NO4/c1-3-12-25-19-10-8-16(13-20(19)24-2)9-11-21(23)26-15-18-7-5-4-6-17(18)14-22/h4-11,13H,3,12,15H2,1-2H3/b11-9+. The van der Waals surface area contributed by atoms with Crippen molar-refractivity contribution in [2.24, 2.45) is 0 Å². The molecule has 2 rings (SSSR count). The van der Waals surface area contributed by atoms with E-state index in [9.17, 15) is 4.79 Å². The molecule has 0 heterocycles. The molecule has 2 aromatic carbocycles. The normalized spacial score (nSPS) is 10.3. The van der Waals surface area contributed by atoms with Crippen LogP contribution >= 0.6 is 0 Å². The summed E-state index contributed by atoms with van der Waals surface area (Å²) in [4.78, 5) is 11.9. The van der Waals surface area contributed by atoms with Gasteiger partial charge < -0.3 is 14.2 Å². The Hall–Kier alpha value is -3.26. The summed E-state index contributed by atoms with van der Waals surface area (Å²) in [5.41, 5.74) is 1.97. The summed E-state index contributed by atoms with van der Waals surface area (Å²) < 4.78 is 16.1. The number of esters is 1. The van der Waals surface area contributed by atoms with Crippen LogP contribution in [0.2, 0.25) is 0 Å². The summed E-state index contributed by atoms with van der Waals surface area (Å²) in [5, 5.41) is 9.03. The fourth-order valence-electron chi connectivity index (χ4n) is 2.24. The topological polar surface area (TPSA) is 68.5 Å². The van der Waals surface area contributed by atoms with Crippen molar-refractivity contribution >= 4 is 12.0 Å². The van der Waals surface area contributed by atoms with Gasteiger partial charge in [-0.3, -0.25) is 0 Å². The second-order valence-corrected chi connectivity index (χ2v) is 5.47. The zero-order chi connectivity index (χ0) is 18.8. The van der Waals surface area contributed by atoms with Crippen LogP contribution in [0, 0.1) is 11.3 Å². The van der Waals surface area contributed by atoms with Gasteiger partial charge in [0, 0.05) is 11.6 Å². The number of methoxy groups -OCH3 is 1. The first-order chi connectivity index (χ1) is 12.7. The molecule has 0 spiro atoms. The predicted octanol–water partition coefficient (Wildman–Crippen LogP) is 4.11. The van der Waals surface area contributed by atoms with Crippen LogP contribution in [0.5, 0.6) is 11.5 Å². The third-order valence-electron chi connectivity index (χ3n) is 3.57. The van der Waals surface area contributed by atoms with Gasteiger partial charge in [-0.05, 0) is 36.3 Å². The number of carbonyl (C=O) groups is 1. The zero-order valence-corrected chi connectivity index (χ0v) is 14.9. The quantitative estimate of drug-likeness (QED) is 0.529. The van der Waals surface area contributed by atoms with E-state index in [1.165, 1.54) is 6.08 Å². The van der Waals surface area contributed by atoms with Gasteiger partial charge in [0.1, 0.15) is 6.61 Å². The van der Waals surface area contributed by atoms with Gasteiger partial charge in [0.25, 0.3) is 0 Å². The molecule has 2 aromatic rings. The van der Waals surface area contributed by atoms with E-state index in [1.807, 2.05) is 19.1 Å². The van der Waals surface area contributed by atoms with E-state index in [-0.39, 0.29) is 6.61 Å². The summed E-state index contributed by atoms with van der Waals surface area (Å²) in [6.07, 6.45) is 3.90. The first-order valence-corrected chi connectivity index (χ1v) is 8.31. The van der Waals surface area contributed by atoms with Crippen LogP contribution in [-0.2, 0) is 16.1 Å². The number of hydrogen-bond donors (Lipinski definition) is 0. The minimum atomic E-state index is -0.483. The highest BCUT2D eigenvalue weighted by molar-refractivity contribution is 5.87. The molecule has 0 aromatic heterocycles. The number of nitriles is 1. The van der Waals surface area contributed by atoms with E-state index in [2.05, 4.69) is 6.07 Å². The first-order valence-electron chi connectivity index (χ1n) is 8.31. The van der Waals surface area contributed by atoms with E-state index in [0.717, 1.165) is 12.0 Å². The van der Waals surface area contributed by atoms with Gasteiger partial charge in [0.05, 0.1) is 25.3 Å². The fourth-order valence-corrected chi connectivity index (χ4v) is 2.24. The maximum absolute atomic E-state index is 11.9. The van der Waals surface area contributed by atoms with E-state index in [1.54, 1.807) is 43.5 Å². The van der Waals surface area contributed by atoms with Gasteiger partial charge in [-0.15, -0.1) is 0 Å². The number of carbonyl (C=O) groups excluding carboxylic acids is 1. The average Bonchev–Trinajstić information content (AvgIpc) is 2.69. The van der Waals surface area contributed by atoms with Crippen LogP contribution in [0.15, 0.2) is 48.5 Å². The smallest absolute Gasteiger partial charge is 0.331 e. The second-order valence-electron chi connectivity index (χ2n) is 5.47. The van der Waals surface area contributed by atoms with Crippen LogP contribution in [0.1, 0.15) is 30.0 Å². The summed E-state index contributed by atoms with van der Waals surface area (Å²) in [5.74, 6) is 0.794. The van der Waals surface area contributed by atoms with Crippen LogP contribution in [0.25, 0.3) is 6.08 Å². The Labute approximate surface area is 153 Å². The lowest BCUT2D eigenvalue weighted by atomic mass is 10.1. The molecule has 0 radical (unpaired) electrons. The maximum atomic E-state index is 11.9. The first kappa shape index (κ1) is 19.1. The zero-order valence-electron chi connectivity index (χ0n) is 14.9. The molecule has 0 amide bonds. The van der Waals surface area contributed by atoms with Crippen molar-refractivity contribution in [2.45, 2.75) is 20.0 Å². The van der Waals surface area contributed by atoms with Crippen molar-refractivity contribution in [2.75, 3.05) is 13.7 Å². The highest BCUT2D eigenvalue weighted by Crippen LogP contribution is 2.28. The van der Waals surface area contributed by atoms with Crippen LogP contribution in [-0.4, -0.2) is 19.7 Å².